The van der Waals surface area contributed by atoms with Crippen molar-refractivity contribution in [2.45, 2.75) is 0 Å². The van der Waals surface area contributed by atoms with Gasteiger partial charge in [0.1, 0.15) is 0 Å². The van der Waals surface area contributed by atoms with Crippen molar-refractivity contribution in [3.05, 3.63) is 113 Å². The van der Waals surface area contributed by atoms with Crippen molar-refractivity contribution in [2.24, 2.45) is 0 Å². The van der Waals surface area contributed by atoms with E-state index in [0.29, 0.717) is 0 Å². The van der Waals surface area contributed by atoms with Gasteiger partial charge in [0.05, 0.1) is 0 Å². The third-order valence-electron chi connectivity index (χ3n) is 4.48. The highest BCUT2D eigenvalue weighted by atomic mass is 32.1. The highest BCUT2D eigenvalue weighted by molar-refractivity contribution is 7.85. The average Bonchev–Trinajstić information content (AvgIpc) is 3.27. The van der Waals surface area contributed by atoms with Crippen LogP contribution in [0.3, 0.4) is 0 Å². The molecule has 0 unspecified atom stereocenters. The first-order chi connectivity index (χ1) is 13.3. The second-order valence-corrected chi connectivity index (χ2v) is 9.97. The molecular weight excluding hydrogens is 367 g/mol. The highest BCUT2D eigenvalue weighted by Crippen LogP contribution is 2.42. The summed E-state index contributed by atoms with van der Waals surface area (Å²) in [6.45, 7) is 0. The van der Waals surface area contributed by atoms with Gasteiger partial charge in [0.15, 0.2) is 7.14 Å². The zero-order chi connectivity index (χ0) is 18.5. The van der Waals surface area contributed by atoms with Crippen molar-refractivity contribution in [2.75, 3.05) is 0 Å². The van der Waals surface area contributed by atoms with Crippen molar-refractivity contribution in [3.63, 3.8) is 0 Å². The van der Waals surface area contributed by atoms with E-state index < -0.39 is 7.14 Å². The smallest absolute Gasteiger partial charge is 0.171 e. The van der Waals surface area contributed by atoms with Crippen LogP contribution in [0.15, 0.2) is 102 Å². The molecule has 132 valence electrons. The molecule has 0 spiro atoms. The summed E-state index contributed by atoms with van der Waals surface area (Å²) in [7, 11) is -2.89. The summed E-state index contributed by atoms with van der Waals surface area (Å²) in [5.74, 6) is 0. The quantitative estimate of drug-likeness (QED) is 0.411. The number of thiophene rings is 1. The predicted octanol–water partition coefficient (Wildman–Crippen LogP) is 5.56. The van der Waals surface area contributed by atoms with Crippen LogP contribution >= 0.6 is 18.5 Å². The van der Waals surface area contributed by atoms with Gasteiger partial charge in [0.2, 0.25) is 0 Å². The SMILES string of the molecule is O=P(c1ccccc1)(c1ccccc1)c1ccc(/C=C/c2cccs2)cc1. The van der Waals surface area contributed by atoms with E-state index in [1.165, 1.54) is 4.88 Å². The molecule has 3 aromatic carbocycles. The van der Waals surface area contributed by atoms with Crippen LogP contribution < -0.4 is 15.9 Å². The normalized spacial score (nSPS) is 11.7. The van der Waals surface area contributed by atoms with Gasteiger partial charge in [-0.2, -0.15) is 0 Å². The molecule has 1 heterocycles. The molecule has 0 amide bonds. The maximum Gasteiger partial charge on any atom is 0.171 e. The van der Waals surface area contributed by atoms with Gasteiger partial charge in [-0.3, -0.25) is 0 Å². The molecule has 0 atom stereocenters. The van der Waals surface area contributed by atoms with Gasteiger partial charge in [-0.25, -0.2) is 0 Å². The Kier molecular flexibility index (Phi) is 5.20. The number of rotatable bonds is 5. The Bertz CT molecular complexity index is 1020. The zero-order valence-electron chi connectivity index (χ0n) is 14.7. The van der Waals surface area contributed by atoms with Crippen molar-refractivity contribution in [1.29, 1.82) is 0 Å². The van der Waals surface area contributed by atoms with Crippen LogP contribution in [0.5, 0.6) is 0 Å². The Hall–Kier alpha value is -2.67. The molecule has 3 heteroatoms. The van der Waals surface area contributed by atoms with E-state index in [2.05, 4.69) is 23.6 Å². The number of benzene rings is 3. The Morgan fingerprint density at radius 2 is 1.15 bits per heavy atom. The largest absolute Gasteiger partial charge is 0.309 e. The summed E-state index contributed by atoms with van der Waals surface area (Å²) in [6, 6.07) is 31.7. The maximum atomic E-state index is 14.3. The zero-order valence-corrected chi connectivity index (χ0v) is 16.4. The van der Waals surface area contributed by atoms with Gasteiger partial charge in [-0.15, -0.1) is 11.3 Å². The predicted molar refractivity (Wildman–Crippen MR) is 119 cm³/mol. The van der Waals surface area contributed by atoms with Gasteiger partial charge >= 0.3 is 0 Å². The van der Waals surface area contributed by atoms with E-state index >= 15 is 0 Å². The lowest BCUT2D eigenvalue weighted by Crippen LogP contribution is -2.24. The first-order valence-electron chi connectivity index (χ1n) is 8.80. The molecule has 1 nitrogen and oxygen atoms in total. The molecule has 0 saturated carbocycles. The first-order valence-corrected chi connectivity index (χ1v) is 11.4. The summed E-state index contributed by atoms with van der Waals surface area (Å²) in [6.07, 6.45) is 4.19. The van der Waals surface area contributed by atoms with E-state index in [0.717, 1.165) is 21.5 Å². The van der Waals surface area contributed by atoms with E-state index in [4.69, 9.17) is 0 Å². The van der Waals surface area contributed by atoms with Crippen LogP contribution in [-0.2, 0) is 4.57 Å². The molecule has 0 aliphatic heterocycles. The maximum absolute atomic E-state index is 14.3. The van der Waals surface area contributed by atoms with Crippen LogP contribution in [0.1, 0.15) is 10.4 Å². The summed E-state index contributed by atoms with van der Waals surface area (Å²) in [5, 5.41) is 4.64. The van der Waals surface area contributed by atoms with Crippen LogP contribution in [0.25, 0.3) is 12.2 Å². The summed E-state index contributed by atoms with van der Waals surface area (Å²) >= 11 is 1.71. The molecule has 0 aliphatic carbocycles. The number of hydrogen-bond acceptors (Lipinski definition) is 2. The second-order valence-electron chi connectivity index (χ2n) is 6.22. The Labute approximate surface area is 164 Å². The van der Waals surface area contributed by atoms with Gasteiger partial charge in [-0.05, 0) is 23.1 Å². The van der Waals surface area contributed by atoms with Crippen molar-refractivity contribution >= 4 is 46.5 Å². The molecule has 27 heavy (non-hydrogen) atoms. The van der Waals surface area contributed by atoms with Gasteiger partial charge in [0.25, 0.3) is 0 Å². The fourth-order valence-electron chi connectivity index (χ4n) is 3.08. The average molecular weight is 386 g/mol. The topological polar surface area (TPSA) is 17.1 Å². The van der Waals surface area contributed by atoms with Crippen LogP contribution in [0.2, 0.25) is 0 Å². The van der Waals surface area contributed by atoms with Gasteiger partial charge < -0.3 is 4.57 Å². The fraction of sp³-hybridized carbons (Fsp3) is 0. The van der Waals surface area contributed by atoms with Crippen molar-refractivity contribution in [3.8, 4) is 0 Å². The lowest BCUT2D eigenvalue weighted by molar-refractivity contribution is 0.592. The lowest BCUT2D eigenvalue weighted by Gasteiger charge is -2.20. The Morgan fingerprint density at radius 1 is 0.593 bits per heavy atom. The van der Waals surface area contributed by atoms with Gasteiger partial charge in [-0.1, -0.05) is 97.1 Å². The monoisotopic (exact) mass is 386 g/mol. The third-order valence-corrected chi connectivity index (χ3v) is 8.39. The summed E-state index contributed by atoms with van der Waals surface area (Å²) in [4.78, 5) is 1.22. The highest BCUT2D eigenvalue weighted by Gasteiger charge is 2.29. The van der Waals surface area contributed by atoms with Crippen molar-refractivity contribution in [1.82, 2.24) is 0 Å². The number of hydrogen-bond donors (Lipinski definition) is 0. The molecule has 4 rings (SSSR count). The van der Waals surface area contributed by atoms with E-state index in [-0.39, 0.29) is 0 Å². The molecule has 0 saturated heterocycles. The standard InChI is InChI=1S/C24H19OPS/c25-26(21-8-3-1-4-9-21,22-10-5-2-6-11-22)23-16-13-20(14-17-23)15-18-24-12-7-19-27-24/h1-19H/b18-15+. The van der Waals surface area contributed by atoms with Crippen LogP contribution in [0.4, 0.5) is 0 Å². The minimum absolute atomic E-state index is 0.855. The lowest BCUT2D eigenvalue weighted by atomic mass is 10.2. The Morgan fingerprint density at radius 3 is 1.67 bits per heavy atom. The van der Waals surface area contributed by atoms with Gasteiger partial charge in [0, 0.05) is 20.8 Å². The van der Waals surface area contributed by atoms with Crippen LogP contribution in [-0.4, -0.2) is 0 Å². The fourth-order valence-corrected chi connectivity index (χ4v) is 6.35. The van der Waals surface area contributed by atoms with E-state index in [1.807, 2.05) is 91.0 Å². The molecule has 0 radical (unpaired) electrons. The molecule has 4 aromatic rings. The summed E-state index contributed by atoms with van der Waals surface area (Å²) < 4.78 is 14.3. The molecule has 1 aromatic heterocycles. The van der Waals surface area contributed by atoms with E-state index in [1.54, 1.807) is 11.3 Å². The van der Waals surface area contributed by atoms with E-state index in [9.17, 15) is 4.57 Å². The third kappa shape index (κ3) is 3.73. The molecule has 0 aliphatic rings. The summed E-state index contributed by atoms with van der Waals surface area (Å²) in [5.41, 5.74) is 1.10. The van der Waals surface area contributed by atoms with Crippen LogP contribution in [0, 0.1) is 0 Å². The molecular formula is C24H19OPS. The van der Waals surface area contributed by atoms with Crippen molar-refractivity contribution < 1.29 is 4.57 Å². The first kappa shape index (κ1) is 17.7. The minimum Gasteiger partial charge on any atom is -0.309 e. The minimum atomic E-state index is -2.89. The molecule has 0 N–H and O–H groups in total. The molecule has 0 fully saturated rings. The second kappa shape index (κ2) is 7.92. The molecule has 0 bridgehead atoms. The Balaban J connectivity index is 1.74.